The fourth-order valence-electron chi connectivity index (χ4n) is 5.51. The number of anilines is 2. The van der Waals surface area contributed by atoms with E-state index in [2.05, 4.69) is 33.1 Å². The van der Waals surface area contributed by atoms with Gasteiger partial charge < -0.3 is 25.8 Å². The van der Waals surface area contributed by atoms with Crippen LogP contribution in [0.15, 0.2) is 54.7 Å². The largest absolute Gasteiger partial charge is 0.362 e. The number of carbonyl (C=O) groups is 2. The maximum absolute atomic E-state index is 12.5. The molecule has 0 bridgehead atoms. The zero-order valence-corrected chi connectivity index (χ0v) is 23.4. The highest BCUT2D eigenvalue weighted by molar-refractivity contribution is 5.90. The molecular weight excluding hydrogens is 502 g/mol. The van der Waals surface area contributed by atoms with E-state index in [1.807, 2.05) is 61.6 Å². The monoisotopic (exact) mass is 541 g/mol. The second-order valence-corrected chi connectivity index (χ2v) is 10.9. The molecule has 0 aliphatic heterocycles. The number of aryl methyl sites for hydroxylation is 1. The smallest absolute Gasteiger partial charge is 0.225 e. The van der Waals surface area contributed by atoms with Crippen LogP contribution in [0.5, 0.6) is 0 Å². The molecule has 4 aromatic rings. The third-order valence-electron chi connectivity index (χ3n) is 7.63. The molecule has 0 unspecified atom stereocenters. The van der Waals surface area contributed by atoms with Crippen molar-refractivity contribution in [2.45, 2.75) is 63.5 Å². The summed E-state index contributed by atoms with van der Waals surface area (Å²) < 4.78 is 0. The first-order valence-corrected chi connectivity index (χ1v) is 14.3. The summed E-state index contributed by atoms with van der Waals surface area (Å²) in [6, 6.07) is 16.7. The van der Waals surface area contributed by atoms with Crippen molar-refractivity contribution < 1.29 is 9.59 Å². The van der Waals surface area contributed by atoms with Crippen LogP contribution < -0.4 is 20.9 Å². The zero-order chi connectivity index (χ0) is 27.9. The molecule has 2 amide bonds. The van der Waals surface area contributed by atoms with Gasteiger partial charge in [-0.25, -0.2) is 4.98 Å². The number of hydrogen-bond donors (Lipinski definition) is 4. The lowest BCUT2D eigenvalue weighted by molar-refractivity contribution is -0.122. The lowest BCUT2D eigenvalue weighted by atomic mass is 9.91. The summed E-state index contributed by atoms with van der Waals surface area (Å²) in [5.41, 5.74) is 3.28. The SMILES string of the molecule is CN(C)c1nc(NC2CCC(NC(=O)CCNC(=O)CCCc3c[nH]c4ccccc34)CC2)nc2ccccc12. The Kier molecular flexibility index (Phi) is 8.78. The van der Waals surface area contributed by atoms with E-state index in [0.29, 0.717) is 25.3 Å². The van der Waals surface area contributed by atoms with Gasteiger partial charge in [-0.15, -0.1) is 0 Å². The highest BCUT2D eigenvalue weighted by Crippen LogP contribution is 2.26. The molecule has 210 valence electrons. The molecular formula is C31H39N7O2. The molecule has 0 radical (unpaired) electrons. The summed E-state index contributed by atoms with van der Waals surface area (Å²) in [5.74, 6) is 1.53. The molecule has 1 aliphatic carbocycles. The molecule has 2 aromatic heterocycles. The molecule has 2 aromatic carbocycles. The van der Waals surface area contributed by atoms with Crippen LogP contribution in [-0.4, -0.2) is 59.5 Å². The Labute approximate surface area is 235 Å². The number of para-hydroxylation sites is 2. The number of nitrogens with one attached hydrogen (secondary N) is 4. The van der Waals surface area contributed by atoms with Gasteiger partial charge in [-0.1, -0.05) is 30.3 Å². The molecule has 1 saturated carbocycles. The lowest BCUT2D eigenvalue weighted by Crippen LogP contribution is -2.41. The quantitative estimate of drug-likeness (QED) is 0.222. The highest BCUT2D eigenvalue weighted by Gasteiger charge is 2.23. The molecule has 2 heterocycles. The van der Waals surface area contributed by atoms with E-state index >= 15 is 0 Å². The van der Waals surface area contributed by atoms with Gasteiger partial charge in [0, 0.05) is 68.1 Å². The molecule has 1 fully saturated rings. The van der Waals surface area contributed by atoms with Gasteiger partial charge in [0.25, 0.3) is 0 Å². The molecule has 4 N–H and O–H groups in total. The van der Waals surface area contributed by atoms with E-state index < -0.39 is 0 Å². The van der Waals surface area contributed by atoms with Crippen LogP contribution in [0, 0.1) is 0 Å². The summed E-state index contributed by atoms with van der Waals surface area (Å²) in [7, 11) is 3.98. The molecule has 9 heteroatoms. The normalized spacial score (nSPS) is 17.1. The van der Waals surface area contributed by atoms with Crippen molar-refractivity contribution in [2.75, 3.05) is 30.9 Å². The van der Waals surface area contributed by atoms with Crippen molar-refractivity contribution in [3.63, 3.8) is 0 Å². The minimum absolute atomic E-state index is 0.00689. The second-order valence-electron chi connectivity index (χ2n) is 10.9. The van der Waals surface area contributed by atoms with Gasteiger partial charge in [0.15, 0.2) is 0 Å². The lowest BCUT2D eigenvalue weighted by Gasteiger charge is -2.30. The predicted octanol–water partition coefficient (Wildman–Crippen LogP) is 4.55. The maximum Gasteiger partial charge on any atom is 0.225 e. The van der Waals surface area contributed by atoms with Crippen LogP contribution in [0.3, 0.4) is 0 Å². The van der Waals surface area contributed by atoms with Crippen LogP contribution in [0.1, 0.15) is 50.5 Å². The van der Waals surface area contributed by atoms with Gasteiger partial charge in [0.1, 0.15) is 5.82 Å². The van der Waals surface area contributed by atoms with Crippen LogP contribution in [0.25, 0.3) is 21.8 Å². The Morgan fingerprint density at radius 3 is 2.42 bits per heavy atom. The van der Waals surface area contributed by atoms with Gasteiger partial charge >= 0.3 is 0 Å². The third kappa shape index (κ3) is 6.89. The predicted molar refractivity (Wildman–Crippen MR) is 161 cm³/mol. The van der Waals surface area contributed by atoms with Gasteiger partial charge in [-0.05, 0) is 62.3 Å². The first-order valence-electron chi connectivity index (χ1n) is 14.3. The zero-order valence-electron chi connectivity index (χ0n) is 23.4. The summed E-state index contributed by atoms with van der Waals surface area (Å²) in [5, 5.41) is 11.8. The number of aromatic nitrogens is 3. The van der Waals surface area contributed by atoms with Gasteiger partial charge in [-0.2, -0.15) is 4.98 Å². The second kappa shape index (κ2) is 12.8. The van der Waals surface area contributed by atoms with Crippen molar-refractivity contribution in [3.8, 4) is 0 Å². The van der Waals surface area contributed by atoms with Crippen molar-refractivity contribution in [1.29, 1.82) is 0 Å². The number of hydrogen-bond acceptors (Lipinski definition) is 6. The molecule has 5 rings (SSSR count). The van der Waals surface area contributed by atoms with Crippen molar-refractivity contribution in [2.24, 2.45) is 0 Å². The fraction of sp³-hybridized carbons (Fsp3) is 0.419. The number of carbonyl (C=O) groups excluding carboxylic acids is 2. The molecule has 9 nitrogen and oxygen atoms in total. The fourth-order valence-corrected chi connectivity index (χ4v) is 5.51. The minimum atomic E-state index is -0.0102. The summed E-state index contributed by atoms with van der Waals surface area (Å²) in [4.78, 5) is 39.5. The van der Waals surface area contributed by atoms with Crippen molar-refractivity contribution in [3.05, 3.63) is 60.3 Å². The van der Waals surface area contributed by atoms with Crippen molar-refractivity contribution in [1.82, 2.24) is 25.6 Å². The van der Waals surface area contributed by atoms with E-state index in [4.69, 9.17) is 9.97 Å². The van der Waals surface area contributed by atoms with Crippen LogP contribution in [-0.2, 0) is 16.0 Å². The maximum atomic E-state index is 12.5. The van der Waals surface area contributed by atoms with Crippen LogP contribution in [0.4, 0.5) is 11.8 Å². The Morgan fingerprint density at radius 2 is 1.62 bits per heavy atom. The van der Waals surface area contributed by atoms with Crippen molar-refractivity contribution >= 4 is 45.4 Å². The average molecular weight is 542 g/mol. The molecule has 40 heavy (non-hydrogen) atoms. The Morgan fingerprint density at radius 1 is 0.900 bits per heavy atom. The number of amides is 2. The number of fused-ring (bicyclic) bond motifs is 2. The van der Waals surface area contributed by atoms with E-state index in [1.165, 1.54) is 10.9 Å². The molecule has 0 atom stereocenters. The third-order valence-corrected chi connectivity index (χ3v) is 7.63. The van der Waals surface area contributed by atoms with Crippen LogP contribution in [0.2, 0.25) is 0 Å². The number of rotatable bonds is 11. The van der Waals surface area contributed by atoms with E-state index in [-0.39, 0.29) is 23.9 Å². The Balaban J connectivity index is 0.987. The van der Waals surface area contributed by atoms with E-state index in [9.17, 15) is 9.59 Å². The van der Waals surface area contributed by atoms with E-state index in [0.717, 1.165) is 60.8 Å². The number of nitrogens with zero attached hydrogens (tertiary/aromatic N) is 3. The van der Waals surface area contributed by atoms with E-state index in [1.54, 1.807) is 0 Å². The summed E-state index contributed by atoms with van der Waals surface area (Å²) in [6.45, 7) is 0.363. The highest BCUT2D eigenvalue weighted by atomic mass is 16.2. The van der Waals surface area contributed by atoms with Gasteiger partial charge in [0.05, 0.1) is 5.52 Å². The Hall–Kier alpha value is -4.14. The molecule has 0 saturated heterocycles. The topological polar surface area (TPSA) is 115 Å². The van der Waals surface area contributed by atoms with Gasteiger partial charge in [-0.3, -0.25) is 9.59 Å². The first kappa shape index (κ1) is 27.4. The molecule has 1 aliphatic rings. The molecule has 0 spiro atoms. The van der Waals surface area contributed by atoms with Crippen LogP contribution >= 0.6 is 0 Å². The number of H-pyrrole nitrogens is 1. The minimum Gasteiger partial charge on any atom is -0.362 e. The average Bonchev–Trinajstić information content (AvgIpc) is 3.36. The summed E-state index contributed by atoms with van der Waals surface area (Å²) >= 11 is 0. The van der Waals surface area contributed by atoms with Gasteiger partial charge in [0.2, 0.25) is 17.8 Å². The number of benzene rings is 2. The Bertz CT molecular complexity index is 1460. The standard InChI is InChI=1S/C31H39N7O2/c1-38(2)30-25-10-4-6-12-27(25)36-31(37-30)35-23-16-14-22(15-17-23)34-29(40)18-19-32-28(39)13-7-8-21-20-33-26-11-5-3-9-24(21)26/h3-6,9-12,20,22-23,33H,7-8,13-19H2,1-2H3,(H,32,39)(H,34,40)(H,35,36,37). The first-order chi connectivity index (χ1) is 19.5. The summed E-state index contributed by atoms with van der Waals surface area (Å²) in [6.07, 6.45) is 8.07. The number of aromatic amines is 1.